The molecule has 2 heterocycles. The van der Waals surface area contributed by atoms with Crippen molar-refractivity contribution in [3.05, 3.63) is 47.8 Å². The molecule has 0 spiro atoms. The van der Waals surface area contributed by atoms with Gasteiger partial charge in [0.05, 0.1) is 29.6 Å². The lowest BCUT2D eigenvalue weighted by Crippen LogP contribution is -2.20. The Hall–Kier alpha value is -2.14. The third kappa shape index (κ3) is 2.32. The number of rotatable bonds is 4. The summed E-state index contributed by atoms with van der Waals surface area (Å²) >= 11 is 0. The molecule has 0 aliphatic heterocycles. The van der Waals surface area contributed by atoms with Crippen LogP contribution in [0, 0.1) is 6.92 Å². The zero-order valence-electron chi connectivity index (χ0n) is 12.1. The van der Waals surface area contributed by atoms with Crippen LogP contribution in [0.1, 0.15) is 17.2 Å². The maximum absolute atomic E-state index is 4.70. The molecular formula is C15H19N5. The van der Waals surface area contributed by atoms with Gasteiger partial charge in [0.1, 0.15) is 5.82 Å². The molecule has 0 atom stereocenters. The number of fused-ring (bicyclic) bond motifs is 1. The van der Waals surface area contributed by atoms with Gasteiger partial charge in [-0.15, -0.1) is 0 Å². The van der Waals surface area contributed by atoms with Gasteiger partial charge in [0, 0.05) is 19.3 Å². The Balaban J connectivity index is 1.79. The summed E-state index contributed by atoms with van der Waals surface area (Å²) in [5, 5.41) is 0. The lowest BCUT2D eigenvalue weighted by Gasteiger charge is -2.15. The highest BCUT2D eigenvalue weighted by Gasteiger charge is 2.11. The van der Waals surface area contributed by atoms with Gasteiger partial charge in [-0.1, -0.05) is 12.1 Å². The second kappa shape index (κ2) is 5.09. The number of H-pyrrole nitrogens is 1. The van der Waals surface area contributed by atoms with Crippen LogP contribution in [-0.2, 0) is 20.1 Å². The summed E-state index contributed by atoms with van der Waals surface area (Å²) in [6.45, 7) is 3.67. The predicted octanol–water partition coefficient (Wildman–Crippen LogP) is 2.24. The largest absolute Gasteiger partial charge is 0.348 e. The van der Waals surface area contributed by atoms with Gasteiger partial charge in [0.2, 0.25) is 0 Å². The first kappa shape index (κ1) is 12.9. The van der Waals surface area contributed by atoms with Crippen LogP contribution in [0.3, 0.4) is 0 Å². The highest BCUT2D eigenvalue weighted by molar-refractivity contribution is 5.75. The highest BCUT2D eigenvalue weighted by Crippen LogP contribution is 2.16. The quantitative estimate of drug-likeness (QED) is 0.790. The van der Waals surface area contributed by atoms with Crippen molar-refractivity contribution in [1.29, 1.82) is 0 Å². The molecular weight excluding hydrogens is 250 g/mol. The van der Waals surface area contributed by atoms with Gasteiger partial charge in [-0.05, 0) is 26.1 Å². The molecule has 5 nitrogen and oxygen atoms in total. The van der Waals surface area contributed by atoms with Crippen LogP contribution in [0.2, 0.25) is 0 Å². The lowest BCUT2D eigenvalue weighted by molar-refractivity contribution is 0.304. The molecule has 0 amide bonds. The first-order chi connectivity index (χ1) is 9.65. The number of nitrogens with one attached hydrogen (secondary N) is 1. The minimum absolute atomic E-state index is 0.803. The molecule has 3 aromatic rings. The number of aryl methyl sites for hydroxylation is 2. The van der Waals surface area contributed by atoms with Gasteiger partial charge in [-0.25, -0.2) is 9.97 Å². The van der Waals surface area contributed by atoms with Crippen molar-refractivity contribution in [2.45, 2.75) is 20.0 Å². The van der Waals surface area contributed by atoms with E-state index in [-0.39, 0.29) is 0 Å². The van der Waals surface area contributed by atoms with Crippen molar-refractivity contribution in [3.8, 4) is 0 Å². The average molecular weight is 269 g/mol. The second-order valence-corrected chi connectivity index (χ2v) is 5.22. The summed E-state index contributed by atoms with van der Waals surface area (Å²) in [5.41, 5.74) is 4.44. The molecule has 3 rings (SSSR count). The molecule has 20 heavy (non-hydrogen) atoms. The first-order valence-electron chi connectivity index (χ1n) is 6.73. The summed E-state index contributed by atoms with van der Waals surface area (Å²) in [6.07, 6.45) is 1.74. The topological polar surface area (TPSA) is 49.7 Å². The number of aromatic amines is 1. The van der Waals surface area contributed by atoms with Crippen LogP contribution >= 0.6 is 0 Å². The Kier molecular flexibility index (Phi) is 3.28. The Labute approximate surface area is 118 Å². The maximum Gasteiger partial charge on any atom is 0.123 e. The van der Waals surface area contributed by atoms with Crippen LogP contribution in [-0.4, -0.2) is 31.5 Å². The Morgan fingerprint density at radius 3 is 2.75 bits per heavy atom. The maximum atomic E-state index is 4.70. The van der Waals surface area contributed by atoms with E-state index in [0.29, 0.717) is 0 Å². The Morgan fingerprint density at radius 2 is 2.05 bits per heavy atom. The minimum Gasteiger partial charge on any atom is -0.348 e. The molecule has 0 saturated carbocycles. The van der Waals surface area contributed by atoms with Crippen molar-refractivity contribution in [1.82, 2.24) is 24.4 Å². The van der Waals surface area contributed by atoms with Gasteiger partial charge in [-0.2, -0.15) is 0 Å². The molecule has 1 aromatic carbocycles. The molecule has 1 N–H and O–H groups in total. The van der Waals surface area contributed by atoms with Crippen LogP contribution in [0.25, 0.3) is 11.0 Å². The summed E-state index contributed by atoms with van der Waals surface area (Å²) in [4.78, 5) is 14.4. The fourth-order valence-electron chi connectivity index (χ4n) is 2.44. The minimum atomic E-state index is 0.803. The zero-order chi connectivity index (χ0) is 14.1. The third-order valence-electron chi connectivity index (χ3n) is 3.65. The number of imidazole rings is 2. The van der Waals surface area contributed by atoms with Crippen molar-refractivity contribution in [3.63, 3.8) is 0 Å². The van der Waals surface area contributed by atoms with E-state index < -0.39 is 0 Å². The monoisotopic (exact) mass is 269 g/mol. The van der Waals surface area contributed by atoms with E-state index in [2.05, 4.69) is 45.7 Å². The Morgan fingerprint density at radius 1 is 1.25 bits per heavy atom. The van der Waals surface area contributed by atoms with Crippen molar-refractivity contribution < 1.29 is 0 Å². The molecule has 0 radical (unpaired) electrons. The fourth-order valence-corrected chi connectivity index (χ4v) is 2.44. The number of nitrogens with zero attached hydrogens (tertiary/aromatic N) is 4. The summed E-state index contributed by atoms with van der Waals surface area (Å²) < 4.78 is 2.16. The summed E-state index contributed by atoms with van der Waals surface area (Å²) in [6, 6.07) is 8.22. The van der Waals surface area contributed by atoms with E-state index in [0.717, 1.165) is 35.8 Å². The number of hydrogen-bond acceptors (Lipinski definition) is 3. The van der Waals surface area contributed by atoms with Gasteiger partial charge in [0.25, 0.3) is 0 Å². The van der Waals surface area contributed by atoms with Gasteiger partial charge >= 0.3 is 0 Å². The van der Waals surface area contributed by atoms with E-state index in [4.69, 9.17) is 4.98 Å². The molecule has 5 heteroatoms. The van der Waals surface area contributed by atoms with E-state index in [1.807, 2.05) is 19.1 Å². The molecule has 0 aliphatic rings. The fraction of sp³-hybridized carbons (Fsp3) is 0.333. The molecule has 0 saturated heterocycles. The van der Waals surface area contributed by atoms with Crippen molar-refractivity contribution in [2.24, 2.45) is 7.05 Å². The highest BCUT2D eigenvalue weighted by atomic mass is 15.2. The van der Waals surface area contributed by atoms with Gasteiger partial charge < -0.3 is 9.55 Å². The molecule has 0 fully saturated rings. The molecule has 2 aromatic heterocycles. The van der Waals surface area contributed by atoms with Gasteiger partial charge in [-0.3, -0.25) is 4.90 Å². The number of para-hydroxylation sites is 2. The van der Waals surface area contributed by atoms with Crippen molar-refractivity contribution in [2.75, 3.05) is 7.05 Å². The van der Waals surface area contributed by atoms with Crippen LogP contribution in [0.4, 0.5) is 0 Å². The summed E-state index contributed by atoms with van der Waals surface area (Å²) in [7, 11) is 4.16. The molecule has 0 bridgehead atoms. The Bertz CT molecular complexity index is 725. The van der Waals surface area contributed by atoms with E-state index >= 15 is 0 Å². The zero-order valence-corrected chi connectivity index (χ0v) is 12.1. The summed E-state index contributed by atoms with van der Waals surface area (Å²) in [5.74, 6) is 1.07. The second-order valence-electron chi connectivity index (χ2n) is 5.22. The number of benzene rings is 1. The van der Waals surface area contributed by atoms with Crippen LogP contribution < -0.4 is 0 Å². The standard InChI is InChI=1S/C15H19N5/c1-11-13(17-10-16-11)8-19(2)9-15-18-12-6-4-5-7-14(12)20(15)3/h4-7,10H,8-9H2,1-3H3,(H,16,17). The normalized spacial score (nSPS) is 11.6. The van der Waals surface area contributed by atoms with E-state index in [1.54, 1.807) is 6.33 Å². The first-order valence-corrected chi connectivity index (χ1v) is 6.73. The average Bonchev–Trinajstić information content (AvgIpc) is 2.96. The third-order valence-corrected chi connectivity index (χ3v) is 3.65. The van der Waals surface area contributed by atoms with Crippen molar-refractivity contribution >= 4 is 11.0 Å². The molecule has 104 valence electrons. The molecule has 0 aliphatic carbocycles. The van der Waals surface area contributed by atoms with Crippen LogP contribution in [0.5, 0.6) is 0 Å². The van der Waals surface area contributed by atoms with E-state index in [1.165, 1.54) is 5.52 Å². The number of hydrogen-bond donors (Lipinski definition) is 1. The lowest BCUT2D eigenvalue weighted by atomic mass is 10.3. The SMILES string of the molecule is Cc1[nH]cnc1CN(C)Cc1nc2ccccc2n1C. The molecule has 0 unspecified atom stereocenters. The predicted molar refractivity (Wildman–Crippen MR) is 79.2 cm³/mol. The van der Waals surface area contributed by atoms with E-state index in [9.17, 15) is 0 Å². The number of aromatic nitrogens is 4. The van der Waals surface area contributed by atoms with Gasteiger partial charge in [0.15, 0.2) is 0 Å². The smallest absolute Gasteiger partial charge is 0.123 e. The van der Waals surface area contributed by atoms with Crippen LogP contribution in [0.15, 0.2) is 30.6 Å².